The molecule has 2 aliphatic rings. The van der Waals surface area contributed by atoms with Crippen molar-refractivity contribution in [2.24, 2.45) is 11.8 Å². The van der Waals surface area contributed by atoms with Crippen molar-refractivity contribution in [1.29, 1.82) is 0 Å². The van der Waals surface area contributed by atoms with E-state index in [0.29, 0.717) is 11.4 Å². The summed E-state index contributed by atoms with van der Waals surface area (Å²) in [5, 5.41) is 3.01. The molecule has 1 aliphatic carbocycles. The minimum atomic E-state index is -4.72. The van der Waals surface area contributed by atoms with Crippen LogP contribution < -0.4 is 5.32 Å². The van der Waals surface area contributed by atoms with E-state index < -0.39 is 47.2 Å². The van der Waals surface area contributed by atoms with Gasteiger partial charge in [0.2, 0.25) is 0 Å². The van der Waals surface area contributed by atoms with Crippen LogP contribution in [0.15, 0.2) is 46.8 Å². The molecule has 0 spiro atoms. The van der Waals surface area contributed by atoms with Gasteiger partial charge in [0.1, 0.15) is 5.92 Å². The molecule has 3 atom stereocenters. The maximum Gasteiger partial charge on any atom is 0.416 e. The molecule has 32 heavy (non-hydrogen) atoms. The Morgan fingerprint density at radius 3 is 2.47 bits per heavy atom. The lowest BCUT2D eigenvalue weighted by atomic mass is 9.68. The number of esters is 2. The highest BCUT2D eigenvalue weighted by Crippen LogP contribution is 2.48. The topological polar surface area (TPSA) is 81.7 Å². The Balaban J connectivity index is 2.29. The first-order valence-corrected chi connectivity index (χ1v) is 10.2. The largest absolute Gasteiger partial charge is 0.468 e. The van der Waals surface area contributed by atoms with Gasteiger partial charge in [-0.25, -0.2) is 4.79 Å². The highest BCUT2D eigenvalue weighted by molar-refractivity contribution is 6.12. The Morgan fingerprint density at radius 1 is 1.22 bits per heavy atom. The number of dihydropyridines is 1. The fourth-order valence-corrected chi connectivity index (χ4v) is 4.48. The first kappa shape index (κ1) is 23.6. The summed E-state index contributed by atoms with van der Waals surface area (Å²) in [6.07, 6.45) is -4.48. The highest BCUT2D eigenvalue weighted by Gasteiger charge is 2.49. The van der Waals surface area contributed by atoms with Crippen molar-refractivity contribution in [2.75, 3.05) is 13.7 Å². The number of Topliss-reactive ketones (excluding diaryl/α,β-unsaturated/α-hetero) is 1. The number of halogens is 3. The lowest BCUT2D eigenvalue weighted by Gasteiger charge is -2.38. The Bertz CT molecular complexity index is 1020. The number of ether oxygens (including phenoxy) is 2. The van der Waals surface area contributed by atoms with E-state index in [4.69, 9.17) is 9.47 Å². The van der Waals surface area contributed by atoms with Crippen LogP contribution in [0.25, 0.3) is 0 Å². The number of carbonyl (C=O) groups excluding carboxylic acids is 3. The third-order valence-electron chi connectivity index (χ3n) is 5.82. The van der Waals surface area contributed by atoms with Gasteiger partial charge < -0.3 is 14.8 Å². The minimum absolute atomic E-state index is 0.00488. The number of allylic oxidation sites excluding steroid dienone is 3. The van der Waals surface area contributed by atoms with E-state index in [9.17, 15) is 27.6 Å². The zero-order chi connectivity index (χ0) is 23.8. The van der Waals surface area contributed by atoms with Gasteiger partial charge in [0, 0.05) is 22.9 Å². The highest BCUT2D eigenvalue weighted by atomic mass is 19.4. The minimum Gasteiger partial charge on any atom is -0.468 e. The molecule has 9 heteroatoms. The normalized spacial score (nSPS) is 23.5. The molecule has 1 aromatic carbocycles. The summed E-state index contributed by atoms with van der Waals surface area (Å²) in [6, 6.07) is 4.81. The van der Waals surface area contributed by atoms with Crippen molar-refractivity contribution >= 4 is 17.7 Å². The molecular formula is C23H24F3NO5. The fourth-order valence-electron chi connectivity index (χ4n) is 4.48. The smallest absolute Gasteiger partial charge is 0.416 e. The van der Waals surface area contributed by atoms with Crippen LogP contribution in [0.2, 0.25) is 0 Å². The zero-order valence-electron chi connectivity index (χ0n) is 18.1. The first-order valence-electron chi connectivity index (χ1n) is 10.2. The van der Waals surface area contributed by atoms with Gasteiger partial charge in [-0.2, -0.15) is 13.2 Å². The van der Waals surface area contributed by atoms with Gasteiger partial charge in [0.05, 0.1) is 24.9 Å². The quantitative estimate of drug-likeness (QED) is 0.553. The van der Waals surface area contributed by atoms with Crippen molar-refractivity contribution < 1.29 is 37.0 Å². The van der Waals surface area contributed by atoms with Gasteiger partial charge >= 0.3 is 18.1 Å². The van der Waals surface area contributed by atoms with Crippen molar-refractivity contribution in [3.63, 3.8) is 0 Å². The second kappa shape index (κ2) is 8.80. The van der Waals surface area contributed by atoms with E-state index in [-0.39, 0.29) is 29.7 Å². The fraction of sp³-hybridized carbons (Fsp3) is 0.435. The van der Waals surface area contributed by atoms with E-state index in [2.05, 4.69) is 5.32 Å². The number of carbonyl (C=O) groups is 3. The molecule has 0 fully saturated rings. The Hall–Kier alpha value is -3.10. The average Bonchev–Trinajstić information content (AvgIpc) is 2.72. The third-order valence-corrected chi connectivity index (χ3v) is 5.82. The molecule has 3 rings (SSSR count). The van der Waals surface area contributed by atoms with Crippen molar-refractivity contribution in [3.8, 4) is 0 Å². The molecule has 1 aliphatic heterocycles. The summed E-state index contributed by atoms with van der Waals surface area (Å²) in [5.41, 5.74) is -0.633. The van der Waals surface area contributed by atoms with Crippen LogP contribution >= 0.6 is 0 Å². The maximum atomic E-state index is 13.9. The summed E-state index contributed by atoms with van der Waals surface area (Å²) in [5.74, 6) is -5.20. The lowest BCUT2D eigenvalue weighted by Crippen LogP contribution is -2.43. The third kappa shape index (κ3) is 4.03. The van der Waals surface area contributed by atoms with Gasteiger partial charge in [0.25, 0.3) is 0 Å². The molecule has 0 saturated carbocycles. The van der Waals surface area contributed by atoms with Crippen LogP contribution in [0.1, 0.15) is 44.2 Å². The van der Waals surface area contributed by atoms with Crippen LogP contribution in [0.3, 0.4) is 0 Å². The van der Waals surface area contributed by atoms with Gasteiger partial charge in [-0.3, -0.25) is 9.59 Å². The van der Waals surface area contributed by atoms with Crippen LogP contribution in [-0.2, 0) is 30.0 Å². The number of ketones is 1. The molecule has 0 saturated heterocycles. The molecule has 1 N–H and O–H groups in total. The molecule has 0 aromatic heterocycles. The van der Waals surface area contributed by atoms with E-state index >= 15 is 0 Å². The van der Waals surface area contributed by atoms with Crippen LogP contribution in [-0.4, -0.2) is 31.4 Å². The first-order chi connectivity index (χ1) is 15.0. The Labute approximate surface area is 183 Å². The number of methoxy groups -OCH3 is 1. The Kier molecular flexibility index (Phi) is 6.48. The molecular weight excluding hydrogens is 427 g/mol. The summed E-state index contributed by atoms with van der Waals surface area (Å²) >= 11 is 0. The van der Waals surface area contributed by atoms with E-state index in [1.165, 1.54) is 18.2 Å². The molecule has 6 nitrogen and oxygen atoms in total. The van der Waals surface area contributed by atoms with Gasteiger partial charge in [-0.1, -0.05) is 25.1 Å². The molecule has 0 unspecified atom stereocenters. The van der Waals surface area contributed by atoms with Crippen LogP contribution in [0.5, 0.6) is 0 Å². The number of hydrogen-bond donors (Lipinski definition) is 1. The second-order valence-corrected chi connectivity index (χ2v) is 7.84. The average molecular weight is 451 g/mol. The summed E-state index contributed by atoms with van der Waals surface area (Å²) in [7, 11) is 1.15. The molecule has 172 valence electrons. The molecule has 1 heterocycles. The predicted octanol–water partition coefficient (Wildman–Crippen LogP) is 3.88. The maximum absolute atomic E-state index is 13.9. The molecule has 1 aromatic rings. The van der Waals surface area contributed by atoms with Crippen LogP contribution in [0.4, 0.5) is 13.2 Å². The van der Waals surface area contributed by atoms with Gasteiger partial charge in [-0.15, -0.1) is 0 Å². The SMILES string of the molecule is CCOC(=O)C1=C(C)NC2=C(C(=O)[C@H](C(=O)OC)[C@@H](C)C2)[C@@H]1c1ccccc1C(F)(F)F. The van der Waals surface area contributed by atoms with Crippen molar-refractivity contribution in [1.82, 2.24) is 5.32 Å². The van der Waals surface area contributed by atoms with Crippen LogP contribution in [0, 0.1) is 11.8 Å². The Morgan fingerprint density at radius 2 is 1.88 bits per heavy atom. The number of alkyl halides is 3. The number of rotatable bonds is 4. The zero-order valence-corrected chi connectivity index (χ0v) is 18.1. The summed E-state index contributed by atoms with van der Waals surface area (Å²) in [4.78, 5) is 38.7. The monoisotopic (exact) mass is 451 g/mol. The van der Waals surface area contributed by atoms with Gasteiger partial charge in [-0.05, 0) is 37.8 Å². The lowest BCUT2D eigenvalue weighted by molar-refractivity contribution is -0.151. The van der Waals surface area contributed by atoms with Crippen molar-refractivity contribution in [3.05, 3.63) is 57.9 Å². The molecule has 0 radical (unpaired) electrons. The standard InChI is InChI=1S/C23H24F3NO5/c1-5-32-22(30)17-12(3)27-15-10-11(2)16(21(29)31-4)20(28)19(15)18(17)13-8-6-7-9-14(13)23(24,25)26/h6-9,11,16,18,27H,5,10H2,1-4H3/t11-,16+,18+/m0/s1. The predicted molar refractivity (Wildman–Crippen MR) is 108 cm³/mol. The number of nitrogens with one attached hydrogen (secondary N) is 1. The summed E-state index contributed by atoms with van der Waals surface area (Å²) < 4.78 is 51.6. The number of benzene rings is 1. The van der Waals surface area contributed by atoms with Crippen molar-refractivity contribution in [2.45, 2.75) is 39.3 Å². The van der Waals surface area contributed by atoms with Gasteiger partial charge in [0.15, 0.2) is 5.78 Å². The second-order valence-electron chi connectivity index (χ2n) is 7.84. The molecule has 0 bridgehead atoms. The van der Waals surface area contributed by atoms with E-state index in [1.807, 2.05) is 0 Å². The van der Waals surface area contributed by atoms with E-state index in [1.54, 1.807) is 20.8 Å². The van der Waals surface area contributed by atoms with E-state index in [0.717, 1.165) is 13.2 Å². The summed E-state index contributed by atoms with van der Waals surface area (Å²) in [6.45, 7) is 4.84. The number of hydrogen-bond acceptors (Lipinski definition) is 6. The molecule has 0 amide bonds.